The van der Waals surface area contributed by atoms with Gasteiger partial charge in [0.1, 0.15) is 5.56 Å². The van der Waals surface area contributed by atoms with E-state index in [0.29, 0.717) is 12.2 Å². The van der Waals surface area contributed by atoms with Gasteiger partial charge in [0.15, 0.2) is 0 Å². The first kappa shape index (κ1) is 17.7. The highest BCUT2D eigenvalue weighted by Crippen LogP contribution is 2.31. The van der Waals surface area contributed by atoms with Crippen molar-refractivity contribution in [2.24, 2.45) is 0 Å². The van der Waals surface area contributed by atoms with E-state index in [9.17, 15) is 4.79 Å². The third-order valence-electron chi connectivity index (χ3n) is 4.17. The zero-order chi connectivity index (χ0) is 18.7. The van der Waals surface area contributed by atoms with Crippen LogP contribution >= 0.6 is 0 Å². The Bertz CT molecular complexity index is 934. The molecule has 5 nitrogen and oxygen atoms in total. The molecule has 0 saturated carbocycles. The molecule has 0 saturated heterocycles. The fraction of sp³-hybridized carbons (Fsp3) is 0.238. The molecule has 134 valence electrons. The second kappa shape index (κ2) is 7.44. The van der Waals surface area contributed by atoms with Gasteiger partial charge in [-0.2, -0.15) is 0 Å². The van der Waals surface area contributed by atoms with Crippen molar-refractivity contribution in [2.45, 2.75) is 13.8 Å². The molecule has 2 aromatic carbocycles. The number of fused-ring (bicyclic) bond motifs is 1. The Morgan fingerprint density at radius 2 is 1.88 bits per heavy atom. The molecule has 1 N–H and O–H groups in total. The fourth-order valence-electron chi connectivity index (χ4n) is 2.79. The molecule has 0 unspecified atom stereocenters. The van der Waals surface area contributed by atoms with Gasteiger partial charge in [0.2, 0.25) is 0 Å². The molecule has 0 fully saturated rings. The number of hydrogen-bond donors (Lipinski definition) is 1. The number of aryl methyl sites for hydroxylation is 1. The number of ether oxygens (including phenoxy) is 1. The van der Waals surface area contributed by atoms with Crippen molar-refractivity contribution in [2.75, 3.05) is 30.9 Å². The van der Waals surface area contributed by atoms with Crippen molar-refractivity contribution >= 4 is 33.9 Å². The smallest absolute Gasteiger partial charge is 0.341 e. The highest BCUT2D eigenvalue weighted by atomic mass is 16.5. The van der Waals surface area contributed by atoms with Crippen LogP contribution in [0.4, 0.5) is 17.1 Å². The van der Waals surface area contributed by atoms with Crippen LogP contribution < -0.4 is 10.2 Å². The van der Waals surface area contributed by atoms with Crippen molar-refractivity contribution in [1.82, 2.24) is 4.98 Å². The molecule has 0 amide bonds. The third-order valence-corrected chi connectivity index (χ3v) is 4.17. The van der Waals surface area contributed by atoms with E-state index in [1.165, 1.54) is 0 Å². The third kappa shape index (κ3) is 3.61. The van der Waals surface area contributed by atoms with Crippen LogP contribution in [0.15, 0.2) is 48.7 Å². The highest BCUT2D eigenvalue weighted by molar-refractivity contribution is 6.06. The van der Waals surface area contributed by atoms with E-state index in [1.54, 1.807) is 13.1 Å². The SMILES string of the molecule is CCOC(=O)c1cnc2ccc(C)cc2c1Nc1ccc(N(C)C)cc1. The average molecular weight is 349 g/mol. The fourth-order valence-corrected chi connectivity index (χ4v) is 2.79. The highest BCUT2D eigenvalue weighted by Gasteiger charge is 2.17. The Hall–Kier alpha value is -3.08. The monoisotopic (exact) mass is 349 g/mol. The molecule has 1 heterocycles. The average Bonchev–Trinajstić information content (AvgIpc) is 2.62. The quantitative estimate of drug-likeness (QED) is 0.686. The summed E-state index contributed by atoms with van der Waals surface area (Å²) in [4.78, 5) is 18.9. The molecule has 1 aromatic heterocycles. The molecule has 5 heteroatoms. The minimum atomic E-state index is -0.379. The molecule has 0 atom stereocenters. The number of nitrogens with one attached hydrogen (secondary N) is 1. The van der Waals surface area contributed by atoms with Gasteiger partial charge in [-0.25, -0.2) is 4.79 Å². The van der Waals surface area contributed by atoms with Crippen molar-refractivity contribution < 1.29 is 9.53 Å². The largest absolute Gasteiger partial charge is 0.462 e. The minimum Gasteiger partial charge on any atom is -0.462 e. The Labute approximate surface area is 153 Å². The molecule has 0 spiro atoms. The molecule has 0 bridgehead atoms. The standard InChI is InChI=1S/C21H23N3O2/c1-5-26-21(25)18-13-22-19-11-6-14(2)12-17(19)20(18)23-15-7-9-16(10-8-15)24(3)4/h6-13H,5H2,1-4H3,(H,22,23). The molecule has 26 heavy (non-hydrogen) atoms. The van der Waals surface area contributed by atoms with Crippen LogP contribution in [0.3, 0.4) is 0 Å². The molecule has 0 aliphatic heterocycles. The number of carbonyl (C=O) groups is 1. The summed E-state index contributed by atoms with van der Waals surface area (Å²) in [6, 6.07) is 14.0. The van der Waals surface area contributed by atoms with Crippen LogP contribution in [0.2, 0.25) is 0 Å². The Kier molecular flexibility index (Phi) is 5.07. The summed E-state index contributed by atoms with van der Waals surface area (Å²) in [5.41, 5.74) is 5.09. The molecule has 0 aliphatic rings. The first-order valence-electron chi connectivity index (χ1n) is 8.60. The van der Waals surface area contributed by atoms with Crippen LogP contribution in [-0.4, -0.2) is 31.7 Å². The van der Waals surface area contributed by atoms with Gasteiger partial charge in [-0.05, 0) is 50.2 Å². The summed E-state index contributed by atoms with van der Waals surface area (Å²) in [5.74, 6) is -0.379. The summed E-state index contributed by atoms with van der Waals surface area (Å²) in [6.45, 7) is 4.14. The van der Waals surface area contributed by atoms with Crippen molar-refractivity contribution in [3.05, 3.63) is 59.8 Å². The lowest BCUT2D eigenvalue weighted by Crippen LogP contribution is -2.10. The Morgan fingerprint density at radius 3 is 2.54 bits per heavy atom. The van der Waals surface area contributed by atoms with Gasteiger partial charge in [-0.15, -0.1) is 0 Å². The summed E-state index contributed by atoms with van der Waals surface area (Å²) in [6.07, 6.45) is 1.58. The van der Waals surface area contributed by atoms with Gasteiger partial charge in [-0.3, -0.25) is 4.98 Å². The summed E-state index contributed by atoms with van der Waals surface area (Å²) in [7, 11) is 4.00. The number of carbonyl (C=O) groups excluding carboxylic acids is 1. The second-order valence-corrected chi connectivity index (χ2v) is 6.35. The topological polar surface area (TPSA) is 54.5 Å². The van der Waals surface area contributed by atoms with E-state index in [-0.39, 0.29) is 5.97 Å². The number of benzene rings is 2. The number of aromatic nitrogens is 1. The maximum atomic E-state index is 12.4. The van der Waals surface area contributed by atoms with Crippen molar-refractivity contribution in [1.29, 1.82) is 0 Å². The van der Waals surface area contributed by atoms with Crippen LogP contribution in [0, 0.1) is 6.92 Å². The van der Waals surface area contributed by atoms with Gasteiger partial charge < -0.3 is 15.0 Å². The normalized spacial score (nSPS) is 10.6. The van der Waals surface area contributed by atoms with Crippen LogP contribution in [-0.2, 0) is 4.74 Å². The van der Waals surface area contributed by atoms with E-state index < -0.39 is 0 Å². The van der Waals surface area contributed by atoms with Gasteiger partial charge in [0, 0.05) is 37.1 Å². The number of nitrogens with zero attached hydrogens (tertiary/aromatic N) is 2. The lowest BCUT2D eigenvalue weighted by molar-refractivity contribution is 0.0527. The predicted octanol–water partition coefficient (Wildman–Crippen LogP) is 4.53. The molecule has 3 aromatic rings. The van der Waals surface area contributed by atoms with Crippen LogP contribution in [0.5, 0.6) is 0 Å². The Balaban J connectivity index is 2.09. The van der Waals surface area contributed by atoms with Crippen molar-refractivity contribution in [3.63, 3.8) is 0 Å². The van der Waals surface area contributed by atoms with Gasteiger partial charge in [0.25, 0.3) is 0 Å². The zero-order valence-corrected chi connectivity index (χ0v) is 15.5. The summed E-state index contributed by atoms with van der Waals surface area (Å²) in [5, 5.41) is 4.28. The first-order chi connectivity index (χ1) is 12.5. The number of rotatable bonds is 5. The number of hydrogen-bond acceptors (Lipinski definition) is 5. The van der Waals surface area contributed by atoms with E-state index in [2.05, 4.69) is 10.3 Å². The first-order valence-corrected chi connectivity index (χ1v) is 8.60. The Morgan fingerprint density at radius 1 is 1.15 bits per heavy atom. The number of esters is 1. The lowest BCUT2D eigenvalue weighted by atomic mass is 10.1. The predicted molar refractivity (Wildman–Crippen MR) is 106 cm³/mol. The molecular formula is C21H23N3O2. The second-order valence-electron chi connectivity index (χ2n) is 6.35. The minimum absolute atomic E-state index is 0.321. The maximum absolute atomic E-state index is 12.4. The maximum Gasteiger partial charge on any atom is 0.341 e. The van der Waals surface area contributed by atoms with E-state index in [1.807, 2.05) is 68.4 Å². The molecular weight excluding hydrogens is 326 g/mol. The number of pyridine rings is 1. The summed E-state index contributed by atoms with van der Waals surface area (Å²) >= 11 is 0. The van der Waals surface area contributed by atoms with Crippen LogP contribution in [0.25, 0.3) is 10.9 Å². The van der Waals surface area contributed by atoms with Gasteiger partial charge in [0.05, 0.1) is 17.8 Å². The lowest BCUT2D eigenvalue weighted by Gasteiger charge is -2.16. The van der Waals surface area contributed by atoms with Crippen molar-refractivity contribution in [3.8, 4) is 0 Å². The molecule has 0 aliphatic carbocycles. The molecule has 0 radical (unpaired) electrons. The number of anilines is 3. The van der Waals surface area contributed by atoms with E-state index in [0.717, 1.165) is 33.5 Å². The summed E-state index contributed by atoms with van der Waals surface area (Å²) < 4.78 is 5.21. The zero-order valence-electron chi connectivity index (χ0n) is 15.5. The molecule has 3 rings (SSSR count). The van der Waals surface area contributed by atoms with Gasteiger partial charge in [-0.1, -0.05) is 11.6 Å². The van der Waals surface area contributed by atoms with Gasteiger partial charge >= 0.3 is 5.97 Å². The van der Waals surface area contributed by atoms with E-state index in [4.69, 9.17) is 4.74 Å². The van der Waals surface area contributed by atoms with E-state index >= 15 is 0 Å². The van der Waals surface area contributed by atoms with Crippen LogP contribution in [0.1, 0.15) is 22.8 Å².